The summed E-state index contributed by atoms with van der Waals surface area (Å²) in [5, 5.41) is 2.98. The van der Waals surface area contributed by atoms with Gasteiger partial charge in [-0.3, -0.25) is 9.69 Å². The Bertz CT molecular complexity index is 481. The van der Waals surface area contributed by atoms with Gasteiger partial charge in [-0.1, -0.05) is 0 Å². The van der Waals surface area contributed by atoms with Gasteiger partial charge in [-0.2, -0.15) is 0 Å². The minimum Gasteiger partial charge on any atom is -0.399 e. The molecule has 1 aromatic carbocycles. The van der Waals surface area contributed by atoms with E-state index in [0.717, 1.165) is 29.4 Å². The molecule has 0 heterocycles. The van der Waals surface area contributed by atoms with Gasteiger partial charge >= 0.3 is 0 Å². The molecular formula is C16H25N3O. The number of nitrogens with zero attached hydrogens (tertiary/aromatic N) is 1. The quantitative estimate of drug-likeness (QED) is 0.785. The van der Waals surface area contributed by atoms with E-state index < -0.39 is 0 Å². The van der Waals surface area contributed by atoms with E-state index in [2.05, 4.69) is 24.1 Å². The maximum absolute atomic E-state index is 12.2. The van der Waals surface area contributed by atoms with Crippen LogP contribution in [-0.2, 0) is 4.79 Å². The fraction of sp³-hybridized carbons (Fsp3) is 0.562. The number of carbonyl (C=O) groups is 1. The maximum Gasteiger partial charge on any atom is 0.238 e. The monoisotopic (exact) mass is 275 g/mol. The third-order valence-electron chi connectivity index (χ3n) is 3.79. The van der Waals surface area contributed by atoms with Crippen molar-refractivity contribution < 1.29 is 4.79 Å². The van der Waals surface area contributed by atoms with Gasteiger partial charge in [0.25, 0.3) is 0 Å². The van der Waals surface area contributed by atoms with Crippen molar-refractivity contribution in [3.8, 4) is 0 Å². The number of nitrogens with one attached hydrogen (secondary N) is 1. The summed E-state index contributed by atoms with van der Waals surface area (Å²) in [5.41, 5.74) is 8.28. The molecule has 3 N–H and O–H groups in total. The van der Waals surface area contributed by atoms with E-state index in [4.69, 9.17) is 5.73 Å². The van der Waals surface area contributed by atoms with Crippen molar-refractivity contribution in [2.45, 2.75) is 39.7 Å². The van der Waals surface area contributed by atoms with Crippen LogP contribution in [0.2, 0.25) is 0 Å². The molecule has 1 fully saturated rings. The first-order valence-electron chi connectivity index (χ1n) is 7.35. The van der Waals surface area contributed by atoms with E-state index in [1.165, 1.54) is 12.8 Å². The standard InChI is InChI=1S/C16H25N3O/c1-11(2)19(9-13-4-5-13)10-16(20)18-15-7-6-14(17)8-12(15)3/h6-8,11,13H,4-5,9-10,17H2,1-3H3,(H,18,20). The molecule has 0 aliphatic heterocycles. The number of carbonyl (C=O) groups excluding carboxylic acids is 1. The Morgan fingerprint density at radius 2 is 2.15 bits per heavy atom. The Balaban J connectivity index is 1.92. The summed E-state index contributed by atoms with van der Waals surface area (Å²) in [5.74, 6) is 0.843. The third-order valence-corrected chi connectivity index (χ3v) is 3.79. The van der Waals surface area contributed by atoms with Gasteiger partial charge in [0.1, 0.15) is 0 Å². The SMILES string of the molecule is Cc1cc(N)ccc1NC(=O)CN(CC1CC1)C(C)C. The molecule has 0 bridgehead atoms. The summed E-state index contributed by atoms with van der Waals surface area (Å²) >= 11 is 0. The van der Waals surface area contributed by atoms with Gasteiger partial charge in [-0.05, 0) is 63.3 Å². The molecule has 0 aromatic heterocycles. The molecule has 0 atom stereocenters. The van der Waals surface area contributed by atoms with Gasteiger partial charge in [0.05, 0.1) is 6.54 Å². The van der Waals surface area contributed by atoms with Crippen LogP contribution in [0, 0.1) is 12.8 Å². The van der Waals surface area contributed by atoms with Crippen molar-refractivity contribution in [3.05, 3.63) is 23.8 Å². The zero-order chi connectivity index (χ0) is 14.7. The van der Waals surface area contributed by atoms with Crippen LogP contribution in [0.15, 0.2) is 18.2 Å². The van der Waals surface area contributed by atoms with Gasteiger partial charge in [0, 0.05) is 24.0 Å². The lowest BCUT2D eigenvalue weighted by Crippen LogP contribution is -2.39. The van der Waals surface area contributed by atoms with Crippen LogP contribution in [-0.4, -0.2) is 29.9 Å². The number of anilines is 2. The summed E-state index contributed by atoms with van der Waals surface area (Å²) < 4.78 is 0. The summed E-state index contributed by atoms with van der Waals surface area (Å²) in [7, 11) is 0. The third kappa shape index (κ3) is 4.23. The van der Waals surface area contributed by atoms with Crippen LogP contribution in [0.5, 0.6) is 0 Å². The highest BCUT2D eigenvalue weighted by atomic mass is 16.2. The second-order valence-corrected chi connectivity index (χ2v) is 6.09. The van der Waals surface area contributed by atoms with E-state index in [0.29, 0.717) is 12.6 Å². The number of rotatable bonds is 6. The summed E-state index contributed by atoms with van der Waals surface area (Å²) in [6, 6.07) is 5.95. The summed E-state index contributed by atoms with van der Waals surface area (Å²) in [6.45, 7) is 7.73. The van der Waals surface area contributed by atoms with E-state index >= 15 is 0 Å². The fourth-order valence-electron chi connectivity index (χ4n) is 2.29. The normalized spacial score (nSPS) is 14.8. The number of amides is 1. The lowest BCUT2D eigenvalue weighted by Gasteiger charge is -2.25. The van der Waals surface area contributed by atoms with Crippen LogP contribution in [0.25, 0.3) is 0 Å². The zero-order valence-corrected chi connectivity index (χ0v) is 12.6. The van der Waals surface area contributed by atoms with Crippen molar-refractivity contribution in [2.24, 2.45) is 5.92 Å². The largest absolute Gasteiger partial charge is 0.399 e. The number of benzene rings is 1. The Morgan fingerprint density at radius 3 is 2.70 bits per heavy atom. The molecule has 1 aliphatic carbocycles. The second kappa shape index (κ2) is 6.27. The number of aryl methyl sites for hydroxylation is 1. The number of nitrogen functional groups attached to an aromatic ring is 1. The molecule has 1 amide bonds. The molecule has 1 aromatic rings. The smallest absolute Gasteiger partial charge is 0.238 e. The van der Waals surface area contributed by atoms with Gasteiger partial charge in [0.15, 0.2) is 0 Å². The van der Waals surface area contributed by atoms with Crippen molar-refractivity contribution in [3.63, 3.8) is 0 Å². The van der Waals surface area contributed by atoms with Crippen LogP contribution < -0.4 is 11.1 Å². The molecule has 1 saturated carbocycles. The molecule has 0 spiro atoms. The van der Waals surface area contributed by atoms with Crippen LogP contribution >= 0.6 is 0 Å². The topological polar surface area (TPSA) is 58.4 Å². The Hall–Kier alpha value is -1.55. The molecule has 1 aliphatic rings. The average Bonchev–Trinajstić information content (AvgIpc) is 3.16. The van der Waals surface area contributed by atoms with Crippen LogP contribution in [0.3, 0.4) is 0 Å². The predicted octanol–water partition coefficient (Wildman–Crippen LogP) is 2.64. The molecular weight excluding hydrogens is 250 g/mol. The summed E-state index contributed by atoms with van der Waals surface area (Å²) in [6.07, 6.45) is 2.61. The Labute approximate surface area is 121 Å². The van der Waals surface area contributed by atoms with E-state index in [-0.39, 0.29) is 5.91 Å². The first kappa shape index (κ1) is 14.9. The highest BCUT2D eigenvalue weighted by Crippen LogP contribution is 2.30. The van der Waals surface area contributed by atoms with Crippen molar-refractivity contribution >= 4 is 17.3 Å². The Morgan fingerprint density at radius 1 is 1.45 bits per heavy atom. The average molecular weight is 275 g/mol. The molecule has 2 rings (SSSR count). The van der Waals surface area contributed by atoms with Crippen LogP contribution in [0.1, 0.15) is 32.3 Å². The van der Waals surface area contributed by atoms with E-state index in [1.807, 2.05) is 25.1 Å². The first-order valence-corrected chi connectivity index (χ1v) is 7.35. The number of nitrogens with two attached hydrogens (primary N) is 1. The minimum absolute atomic E-state index is 0.0484. The fourth-order valence-corrected chi connectivity index (χ4v) is 2.29. The van der Waals surface area contributed by atoms with Crippen molar-refractivity contribution in [1.82, 2.24) is 4.90 Å². The molecule has 110 valence electrons. The zero-order valence-electron chi connectivity index (χ0n) is 12.6. The minimum atomic E-state index is 0.0484. The van der Waals surface area contributed by atoms with Crippen molar-refractivity contribution in [1.29, 1.82) is 0 Å². The number of hydrogen-bond acceptors (Lipinski definition) is 3. The molecule has 20 heavy (non-hydrogen) atoms. The van der Waals surface area contributed by atoms with Gasteiger partial charge in [-0.15, -0.1) is 0 Å². The first-order chi connectivity index (χ1) is 9.45. The number of hydrogen-bond donors (Lipinski definition) is 2. The Kier molecular flexibility index (Phi) is 4.65. The highest BCUT2D eigenvalue weighted by molar-refractivity contribution is 5.93. The predicted molar refractivity (Wildman–Crippen MR) is 83.7 cm³/mol. The van der Waals surface area contributed by atoms with Gasteiger partial charge < -0.3 is 11.1 Å². The molecule has 4 heteroatoms. The highest BCUT2D eigenvalue weighted by Gasteiger charge is 2.26. The molecule has 0 unspecified atom stereocenters. The lowest BCUT2D eigenvalue weighted by atomic mass is 10.2. The van der Waals surface area contributed by atoms with Gasteiger partial charge in [0.2, 0.25) is 5.91 Å². The second-order valence-electron chi connectivity index (χ2n) is 6.09. The molecule has 4 nitrogen and oxygen atoms in total. The lowest BCUT2D eigenvalue weighted by molar-refractivity contribution is -0.117. The molecule has 0 saturated heterocycles. The van der Waals surface area contributed by atoms with Crippen LogP contribution in [0.4, 0.5) is 11.4 Å². The van der Waals surface area contributed by atoms with E-state index in [9.17, 15) is 4.79 Å². The van der Waals surface area contributed by atoms with Crippen molar-refractivity contribution in [2.75, 3.05) is 24.1 Å². The molecule has 0 radical (unpaired) electrons. The van der Waals surface area contributed by atoms with E-state index in [1.54, 1.807) is 0 Å². The summed E-state index contributed by atoms with van der Waals surface area (Å²) in [4.78, 5) is 14.4. The maximum atomic E-state index is 12.2. The van der Waals surface area contributed by atoms with Gasteiger partial charge in [-0.25, -0.2) is 0 Å².